The van der Waals surface area contributed by atoms with Gasteiger partial charge in [0.05, 0.1) is 24.6 Å². The van der Waals surface area contributed by atoms with Crippen LogP contribution in [0.2, 0.25) is 0 Å². The second-order valence-electron chi connectivity index (χ2n) is 4.20. The number of amides is 1. The van der Waals surface area contributed by atoms with Crippen molar-refractivity contribution < 1.29 is 9.53 Å². The molecule has 1 heterocycles. The number of nitrogens with zero attached hydrogens (tertiary/aromatic N) is 1. The van der Waals surface area contributed by atoms with Crippen LogP contribution >= 0.6 is 0 Å². The number of hydrogen-bond acceptors (Lipinski definition) is 4. The highest BCUT2D eigenvalue weighted by Crippen LogP contribution is 2.26. The molecule has 0 aliphatic carbocycles. The Balaban J connectivity index is 2.11. The Morgan fingerprint density at radius 3 is 2.78 bits per heavy atom. The zero-order valence-corrected chi connectivity index (χ0v) is 10.4. The van der Waals surface area contributed by atoms with Crippen molar-refractivity contribution in [3.8, 4) is 0 Å². The van der Waals surface area contributed by atoms with E-state index in [1.165, 1.54) is 0 Å². The third-order valence-electron chi connectivity index (χ3n) is 2.90. The number of rotatable bonds is 4. The summed E-state index contributed by atoms with van der Waals surface area (Å²) in [5.41, 5.74) is 7.27. The van der Waals surface area contributed by atoms with Gasteiger partial charge in [-0.05, 0) is 12.1 Å². The fraction of sp³-hybridized carbons (Fsp3) is 0.462. The summed E-state index contributed by atoms with van der Waals surface area (Å²) in [6.45, 7) is 3.52. The Morgan fingerprint density at radius 1 is 1.33 bits per heavy atom. The van der Waals surface area contributed by atoms with Gasteiger partial charge in [-0.3, -0.25) is 4.79 Å². The van der Waals surface area contributed by atoms with E-state index in [2.05, 4.69) is 10.2 Å². The van der Waals surface area contributed by atoms with Gasteiger partial charge in [-0.2, -0.15) is 0 Å². The number of morpholine rings is 1. The molecule has 1 aromatic rings. The van der Waals surface area contributed by atoms with E-state index in [0.717, 1.165) is 37.7 Å². The van der Waals surface area contributed by atoms with Crippen LogP contribution in [-0.2, 0) is 9.53 Å². The summed E-state index contributed by atoms with van der Waals surface area (Å²) in [6.07, 6.45) is 0.345. The molecule has 0 spiro atoms. The van der Waals surface area contributed by atoms with Crippen LogP contribution in [0.15, 0.2) is 24.3 Å². The number of nitrogens with one attached hydrogen (secondary N) is 1. The first-order chi connectivity index (χ1) is 8.81. The number of carbonyl (C=O) groups excluding carboxylic acids is 1. The monoisotopic (exact) mass is 249 g/mol. The predicted molar refractivity (Wildman–Crippen MR) is 71.8 cm³/mol. The molecule has 18 heavy (non-hydrogen) atoms. The number of anilines is 2. The lowest BCUT2D eigenvalue weighted by molar-refractivity contribution is -0.116. The second-order valence-corrected chi connectivity index (χ2v) is 4.20. The molecule has 1 fully saturated rings. The van der Waals surface area contributed by atoms with Gasteiger partial charge in [0.1, 0.15) is 0 Å². The minimum absolute atomic E-state index is 0.0433. The van der Waals surface area contributed by atoms with Crippen molar-refractivity contribution in [1.82, 2.24) is 0 Å². The first kappa shape index (κ1) is 12.9. The molecule has 1 aromatic carbocycles. The summed E-state index contributed by atoms with van der Waals surface area (Å²) in [6, 6.07) is 7.83. The van der Waals surface area contributed by atoms with Gasteiger partial charge in [-0.25, -0.2) is 0 Å². The molecule has 1 saturated heterocycles. The summed E-state index contributed by atoms with van der Waals surface area (Å²) in [4.78, 5) is 13.8. The van der Waals surface area contributed by atoms with E-state index >= 15 is 0 Å². The molecule has 0 bridgehead atoms. The maximum Gasteiger partial charge on any atom is 0.225 e. The van der Waals surface area contributed by atoms with Crippen molar-refractivity contribution in [3.63, 3.8) is 0 Å². The van der Waals surface area contributed by atoms with Crippen LogP contribution in [0.3, 0.4) is 0 Å². The average molecular weight is 249 g/mol. The number of ether oxygens (including phenoxy) is 1. The largest absolute Gasteiger partial charge is 0.378 e. The lowest BCUT2D eigenvalue weighted by Gasteiger charge is -2.30. The highest BCUT2D eigenvalue weighted by atomic mass is 16.5. The van der Waals surface area contributed by atoms with E-state index in [4.69, 9.17) is 10.5 Å². The maximum absolute atomic E-state index is 11.6. The van der Waals surface area contributed by atoms with Crippen LogP contribution in [-0.4, -0.2) is 38.8 Å². The van der Waals surface area contributed by atoms with Gasteiger partial charge < -0.3 is 20.7 Å². The smallest absolute Gasteiger partial charge is 0.225 e. The van der Waals surface area contributed by atoms with Crippen molar-refractivity contribution in [3.05, 3.63) is 24.3 Å². The summed E-state index contributed by atoms with van der Waals surface area (Å²) in [5, 5.41) is 2.91. The standard InChI is InChI=1S/C13H19N3O2/c14-6-5-13(17)15-11-3-1-2-4-12(11)16-7-9-18-10-8-16/h1-4H,5-10,14H2,(H,15,17). The van der Waals surface area contributed by atoms with Crippen molar-refractivity contribution in [2.45, 2.75) is 6.42 Å². The van der Waals surface area contributed by atoms with E-state index in [9.17, 15) is 4.79 Å². The number of hydrogen-bond donors (Lipinski definition) is 2. The molecule has 0 radical (unpaired) electrons. The zero-order chi connectivity index (χ0) is 12.8. The normalized spacial score (nSPS) is 15.5. The maximum atomic E-state index is 11.6. The minimum Gasteiger partial charge on any atom is -0.378 e. The van der Waals surface area contributed by atoms with Gasteiger partial charge in [-0.15, -0.1) is 0 Å². The molecule has 1 aliphatic heterocycles. The highest BCUT2D eigenvalue weighted by molar-refractivity contribution is 5.94. The average Bonchev–Trinajstić information content (AvgIpc) is 2.40. The summed E-state index contributed by atoms with van der Waals surface area (Å²) < 4.78 is 5.34. The Kier molecular flexibility index (Phi) is 4.55. The van der Waals surface area contributed by atoms with Crippen LogP contribution < -0.4 is 16.0 Å². The van der Waals surface area contributed by atoms with Crippen LogP contribution in [0.4, 0.5) is 11.4 Å². The minimum atomic E-state index is -0.0433. The Labute approximate surface area is 107 Å². The predicted octanol–water partition coefficient (Wildman–Crippen LogP) is 0.810. The van der Waals surface area contributed by atoms with Crippen molar-refractivity contribution in [2.75, 3.05) is 43.1 Å². The third-order valence-corrected chi connectivity index (χ3v) is 2.90. The summed E-state index contributed by atoms with van der Waals surface area (Å²) in [5.74, 6) is -0.0433. The van der Waals surface area contributed by atoms with Gasteiger partial charge >= 0.3 is 0 Å². The fourth-order valence-electron chi connectivity index (χ4n) is 2.00. The first-order valence-corrected chi connectivity index (χ1v) is 6.23. The molecule has 0 unspecified atom stereocenters. The molecule has 1 amide bonds. The molecular weight excluding hydrogens is 230 g/mol. The van der Waals surface area contributed by atoms with Gasteiger partial charge in [-0.1, -0.05) is 12.1 Å². The summed E-state index contributed by atoms with van der Waals surface area (Å²) >= 11 is 0. The number of nitrogens with two attached hydrogens (primary N) is 1. The highest BCUT2D eigenvalue weighted by Gasteiger charge is 2.15. The molecule has 2 rings (SSSR count). The van der Waals surface area contributed by atoms with Gasteiger partial charge in [0.15, 0.2) is 0 Å². The Hall–Kier alpha value is -1.59. The third kappa shape index (κ3) is 3.21. The van der Waals surface area contributed by atoms with E-state index in [-0.39, 0.29) is 5.91 Å². The SMILES string of the molecule is NCCC(=O)Nc1ccccc1N1CCOCC1. The molecule has 0 aromatic heterocycles. The summed E-state index contributed by atoms with van der Waals surface area (Å²) in [7, 11) is 0. The van der Waals surface area contributed by atoms with Gasteiger partial charge in [0.2, 0.25) is 5.91 Å². The molecule has 5 nitrogen and oxygen atoms in total. The van der Waals surface area contributed by atoms with E-state index in [0.29, 0.717) is 13.0 Å². The zero-order valence-electron chi connectivity index (χ0n) is 10.4. The van der Waals surface area contributed by atoms with E-state index in [1.54, 1.807) is 0 Å². The molecule has 0 saturated carbocycles. The number of benzene rings is 1. The van der Waals surface area contributed by atoms with Crippen LogP contribution in [0, 0.1) is 0 Å². The lowest BCUT2D eigenvalue weighted by atomic mass is 10.2. The lowest BCUT2D eigenvalue weighted by Crippen LogP contribution is -2.36. The quantitative estimate of drug-likeness (QED) is 0.828. The fourth-order valence-corrected chi connectivity index (χ4v) is 2.00. The number of carbonyl (C=O) groups is 1. The van der Waals surface area contributed by atoms with Crippen molar-refractivity contribution in [1.29, 1.82) is 0 Å². The molecule has 5 heteroatoms. The van der Waals surface area contributed by atoms with E-state index < -0.39 is 0 Å². The Morgan fingerprint density at radius 2 is 2.06 bits per heavy atom. The Bertz CT molecular complexity index is 403. The van der Waals surface area contributed by atoms with Gasteiger partial charge in [0.25, 0.3) is 0 Å². The topological polar surface area (TPSA) is 67.6 Å². The van der Waals surface area contributed by atoms with Crippen LogP contribution in [0.1, 0.15) is 6.42 Å². The number of para-hydroxylation sites is 2. The molecular formula is C13H19N3O2. The van der Waals surface area contributed by atoms with E-state index in [1.807, 2.05) is 24.3 Å². The van der Waals surface area contributed by atoms with Crippen LogP contribution in [0.5, 0.6) is 0 Å². The molecule has 98 valence electrons. The van der Waals surface area contributed by atoms with Crippen molar-refractivity contribution in [2.24, 2.45) is 5.73 Å². The van der Waals surface area contributed by atoms with Crippen LogP contribution in [0.25, 0.3) is 0 Å². The molecule has 3 N–H and O–H groups in total. The molecule has 1 aliphatic rings. The molecule has 0 atom stereocenters. The van der Waals surface area contributed by atoms with Gasteiger partial charge in [0, 0.05) is 26.1 Å². The second kappa shape index (κ2) is 6.37. The van der Waals surface area contributed by atoms with Crippen molar-refractivity contribution >= 4 is 17.3 Å². The first-order valence-electron chi connectivity index (χ1n) is 6.23.